The Balaban J connectivity index is 1.89. The average Bonchev–Trinajstić information content (AvgIpc) is 2.29. The molecule has 2 heterocycles. The van der Waals surface area contributed by atoms with Gasteiger partial charge in [-0.3, -0.25) is 4.79 Å². The highest BCUT2D eigenvalue weighted by Crippen LogP contribution is 2.32. The summed E-state index contributed by atoms with van der Waals surface area (Å²) in [6.07, 6.45) is 6.39. The van der Waals surface area contributed by atoms with Crippen LogP contribution in [0.4, 0.5) is 0 Å². The summed E-state index contributed by atoms with van der Waals surface area (Å²) in [5, 5.41) is 6.18. The molecule has 0 aromatic rings. The molecule has 2 aliphatic rings. The van der Waals surface area contributed by atoms with Crippen LogP contribution in [0.15, 0.2) is 0 Å². The molecule has 3 unspecified atom stereocenters. The number of likely N-dealkylation sites (N-methyl/N-ethyl adjacent to an activating group) is 1. The predicted octanol–water partition coefficient (Wildman–Crippen LogP) is 0.726. The predicted molar refractivity (Wildman–Crippen MR) is 68.9 cm³/mol. The van der Waals surface area contributed by atoms with Gasteiger partial charge < -0.3 is 15.5 Å². The van der Waals surface area contributed by atoms with Crippen molar-refractivity contribution in [3.8, 4) is 0 Å². The number of fused-ring (bicyclic) bond motifs is 2. The third-order valence-electron chi connectivity index (χ3n) is 4.47. The van der Waals surface area contributed by atoms with Gasteiger partial charge in [0.05, 0.1) is 6.04 Å². The van der Waals surface area contributed by atoms with Gasteiger partial charge in [0.25, 0.3) is 0 Å². The lowest BCUT2D eigenvalue weighted by molar-refractivity contribution is -0.122. The fourth-order valence-corrected chi connectivity index (χ4v) is 3.40. The van der Waals surface area contributed by atoms with E-state index in [0.717, 1.165) is 12.1 Å². The van der Waals surface area contributed by atoms with Crippen LogP contribution < -0.4 is 10.6 Å². The van der Waals surface area contributed by atoms with E-state index in [9.17, 15) is 4.79 Å². The van der Waals surface area contributed by atoms with Gasteiger partial charge in [-0.05, 0) is 39.7 Å². The van der Waals surface area contributed by atoms with Gasteiger partial charge >= 0.3 is 0 Å². The zero-order valence-corrected chi connectivity index (χ0v) is 11.2. The average molecular weight is 239 g/mol. The van der Waals surface area contributed by atoms with E-state index in [1.54, 1.807) is 7.05 Å². The first-order valence-electron chi connectivity index (χ1n) is 6.81. The Morgan fingerprint density at radius 3 is 2.41 bits per heavy atom. The van der Waals surface area contributed by atoms with E-state index < -0.39 is 0 Å². The zero-order chi connectivity index (χ0) is 12.4. The number of rotatable bonds is 3. The van der Waals surface area contributed by atoms with E-state index >= 15 is 0 Å². The molecule has 98 valence electrons. The lowest BCUT2D eigenvalue weighted by atomic mass is 9.82. The van der Waals surface area contributed by atoms with Crippen molar-refractivity contribution in [1.82, 2.24) is 15.5 Å². The molecule has 4 heteroatoms. The lowest BCUT2D eigenvalue weighted by Crippen LogP contribution is -2.57. The summed E-state index contributed by atoms with van der Waals surface area (Å²) in [5.41, 5.74) is 0. The first-order chi connectivity index (χ1) is 8.11. The van der Waals surface area contributed by atoms with Crippen molar-refractivity contribution in [3.63, 3.8) is 0 Å². The number of nitrogens with zero attached hydrogens (tertiary/aromatic N) is 1. The maximum Gasteiger partial charge on any atom is 0.236 e. The molecule has 3 atom stereocenters. The van der Waals surface area contributed by atoms with Crippen LogP contribution in [0.1, 0.15) is 39.0 Å². The summed E-state index contributed by atoms with van der Waals surface area (Å²) >= 11 is 0. The molecule has 2 bridgehead atoms. The van der Waals surface area contributed by atoms with Crippen LogP contribution >= 0.6 is 0 Å². The van der Waals surface area contributed by atoms with Crippen LogP contribution in [-0.4, -0.2) is 49.1 Å². The van der Waals surface area contributed by atoms with Crippen LogP contribution in [0.25, 0.3) is 0 Å². The van der Waals surface area contributed by atoms with E-state index in [-0.39, 0.29) is 11.9 Å². The molecule has 17 heavy (non-hydrogen) atoms. The Morgan fingerprint density at radius 2 is 1.88 bits per heavy atom. The van der Waals surface area contributed by atoms with Crippen molar-refractivity contribution >= 4 is 5.91 Å². The van der Waals surface area contributed by atoms with Gasteiger partial charge in [0.15, 0.2) is 0 Å². The summed E-state index contributed by atoms with van der Waals surface area (Å²) in [7, 11) is 3.96. The first kappa shape index (κ1) is 12.8. The smallest absolute Gasteiger partial charge is 0.236 e. The Bertz CT molecular complexity index is 268. The van der Waals surface area contributed by atoms with Crippen LogP contribution in [-0.2, 0) is 4.79 Å². The van der Waals surface area contributed by atoms with Crippen molar-refractivity contribution in [2.45, 2.75) is 63.2 Å². The number of amides is 1. The number of piperidine rings is 2. The molecule has 0 aliphatic carbocycles. The van der Waals surface area contributed by atoms with E-state index in [4.69, 9.17) is 0 Å². The molecule has 2 fully saturated rings. The van der Waals surface area contributed by atoms with Crippen LogP contribution in [0.5, 0.6) is 0 Å². The third-order valence-corrected chi connectivity index (χ3v) is 4.47. The Labute approximate surface area is 104 Å². The summed E-state index contributed by atoms with van der Waals surface area (Å²) in [5.74, 6) is 0.0917. The highest BCUT2D eigenvalue weighted by Gasteiger charge is 2.36. The monoisotopic (exact) mass is 239 g/mol. The Hall–Kier alpha value is -0.610. The zero-order valence-electron chi connectivity index (χ0n) is 11.2. The van der Waals surface area contributed by atoms with Gasteiger partial charge in [-0.1, -0.05) is 6.42 Å². The van der Waals surface area contributed by atoms with Crippen molar-refractivity contribution in [2.24, 2.45) is 0 Å². The van der Waals surface area contributed by atoms with Crippen LogP contribution in [0.3, 0.4) is 0 Å². The second kappa shape index (κ2) is 5.36. The minimum Gasteiger partial charge on any atom is -0.358 e. The number of nitrogens with one attached hydrogen (secondary N) is 2. The fraction of sp³-hybridized carbons (Fsp3) is 0.923. The number of hydrogen-bond donors (Lipinski definition) is 2. The molecule has 4 nitrogen and oxygen atoms in total. The van der Waals surface area contributed by atoms with E-state index in [1.165, 1.54) is 32.1 Å². The van der Waals surface area contributed by atoms with Gasteiger partial charge in [-0.15, -0.1) is 0 Å². The molecule has 2 rings (SSSR count). The van der Waals surface area contributed by atoms with Gasteiger partial charge in [0.2, 0.25) is 5.91 Å². The molecule has 2 aliphatic heterocycles. The lowest BCUT2D eigenvalue weighted by Gasteiger charge is -2.47. The molecule has 0 saturated carbocycles. The quantitative estimate of drug-likeness (QED) is 0.763. The molecule has 0 aromatic heterocycles. The maximum absolute atomic E-state index is 11.5. The molecule has 2 N–H and O–H groups in total. The van der Waals surface area contributed by atoms with E-state index in [2.05, 4.69) is 22.6 Å². The van der Waals surface area contributed by atoms with Crippen LogP contribution in [0.2, 0.25) is 0 Å². The standard InChI is InChI=1S/C13H25N3O/c1-9(13(17)14-2)15-10-7-11-5-4-6-12(8-10)16(11)3/h9-12,15H,4-8H2,1-3H3,(H,14,17). The number of carbonyl (C=O) groups excluding carboxylic acids is 1. The summed E-state index contributed by atoms with van der Waals surface area (Å²) < 4.78 is 0. The highest BCUT2D eigenvalue weighted by molar-refractivity contribution is 5.80. The van der Waals surface area contributed by atoms with Crippen molar-refractivity contribution in [2.75, 3.05) is 14.1 Å². The molecule has 2 saturated heterocycles. The van der Waals surface area contributed by atoms with Gasteiger partial charge in [-0.25, -0.2) is 0 Å². The Kier molecular flexibility index (Phi) is 4.05. The fourth-order valence-electron chi connectivity index (χ4n) is 3.40. The second-order valence-corrected chi connectivity index (χ2v) is 5.57. The van der Waals surface area contributed by atoms with Gasteiger partial charge in [0, 0.05) is 25.2 Å². The van der Waals surface area contributed by atoms with Crippen molar-refractivity contribution in [1.29, 1.82) is 0 Å². The molecule has 0 spiro atoms. The minimum absolute atomic E-state index is 0.0749. The summed E-state index contributed by atoms with van der Waals surface area (Å²) in [6.45, 7) is 1.95. The first-order valence-corrected chi connectivity index (χ1v) is 6.81. The molecular weight excluding hydrogens is 214 g/mol. The van der Waals surface area contributed by atoms with Gasteiger partial charge in [-0.2, -0.15) is 0 Å². The maximum atomic E-state index is 11.5. The summed E-state index contributed by atoms with van der Waals surface area (Å²) in [6, 6.07) is 1.87. The Morgan fingerprint density at radius 1 is 1.29 bits per heavy atom. The number of carbonyl (C=O) groups is 1. The summed E-state index contributed by atoms with van der Waals surface area (Å²) in [4.78, 5) is 14.1. The van der Waals surface area contributed by atoms with Crippen molar-refractivity contribution < 1.29 is 4.79 Å². The highest BCUT2D eigenvalue weighted by atomic mass is 16.2. The minimum atomic E-state index is -0.0749. The second-order valence-electron chi connectivity index (χ2n) is 5.57. The van der Waals surface area contributed by atoms with Crippen LogP contribution in [0, 0.1) is 0 Å². The van der Waals surface area contributed by atoms with E-state index in [1.807, 2.05) is 6.92 Å². The van der Waals surface area contributed by atoms with Crippen molar-refractivity contribution in [3.05, 3.63) is 0 Å². The molecule has 1 amide bonds. The third kappa shape index (κ3) is 2.80. The largest absolute Gasteiger partial charge is 0.358 e. The SMILES string of the molecule is CNC(=O)C(C)NC1CC2CCCC(C1)N2C. The number of hydrogen-bond acceptors (Lipinski definition) is 3. The van der Waals surface area contributed by atoms with Gasteiger partial charge in [0.1, 0.15) is 0 Å². The van der Waals surface area contributed by atoms with E-state index in [0.29, 0.717) is 6.04 Å². The normalized spacial score (nSPS) is 35.4. The molecular formula is C13H25N3O. The molecule has 0 aromatic carbocycles. The molecule has 0 radical (unpaired) electrons. The topological polar surface area (TPSA) is 44.4 Å².